The number of rotatable bonds is 5. The number of anilines is 1. The number of amides is 1. The Morgan fingerprint density at radius 1 is 1.19 bits per heavy atom. The van der Waals surface area contributed by atoms with Crippen molar-refractivity contribution in [3.8, 4) is 5.75 Å². The Morgan fingerprint density at radius 2 is 1.92 bits per heavy atom. The molecule has 0 aromatic heterocycles. The van der Waals surface area contributed by atoms with Gasteiger partial charge in [0.1, 0.15) is 6.54 Å². The first kappa shape index (κ1) is 17.5. The lowest BCUT2D eigenvalue weighted by Crippen LogP contribution is -2.43. The van der Waals surface area contributed by atoms with Crippen LogP contribution in [-0.2, 0) is 16.1 Å². The summed E-state index contributed by atoms with van der Waals surface area (Å²) in [7, 11) is 0. The Balaban J connectivity index is 1.62. The lowest BCUT2D eigenvalue weighted by Gasteiger charge is -2.29. The van der Waals surface area contributed by atoms with Crippen molar-refractivity contribution in [3.63, 3.8) is 0 Å². The summed E-state index contributed by atoms with van der Waals surface area (Å²) >= 11 is 0. The molecular formula is C19H18N2O5. The molecule has 2 aromatic carbocycles. The van der Waals surface area contributed by atoms with E-state index in [2.05, 4.69) is 5.32 Å². The number of hydrogen-bond acceptors (Lipinski definition) is 5. The fourth-order valence-corrected chi connectivity index (χ4v) is 2.69. The van der Waals surface area contributed by atoms with Gasteiger partial charge in [-0.25, -0.2) is 9.59 Å². The number of nitrogens with zero attached hydrogens (tertiary/aromatic N) is 1. The molecule has 1 amide bonds. The van der Waals surface area contributed by atoms with Crippen LogP contribution < -0.4 is 15.0 Å². The third-order valence-electron chi connectivity index (χ3n) is 4.02. The zero-order valence-corrected chi connectivity index (χ0v) is 14.2. The second kappa shape index (κ2) is 7.26. The number of benzene rings is 2. The average Bonchev–Trinajstić information content (AvgIpc) is 2.61. The van der Waals surface area contributed by atoms with Crippen LogP contribution in [0.5, 0.6) is 5.75 Å². The maximum absolute atomic E-state index is 12.3. The number of carbonyl (C=O) groups is 3. The quantitative estimate of drug-likeness (QED) is 0.627. The molecular weight excluding hydrogens is 336 g/mol. The summed E-state index contributed by atoms with van der Waals surface area (Å²) in [4.78, 5) is 36.5. The minimum absolute atomic E-state index is 0.0111. The van der Waals surface area contributed by atoms with E-state index in [0.717, 1.165) is 11.1 Å². The molecule has 0 unspecified atom stereocenters. The van der Waals surface area contributed by atoms with E-state index in [0.29, 0.717) is 11.4 Å². The van der Waals surface area contributed by atoms with Crippen molar-refractivity contribution >= 4 is 23.5 Å². The first-order valence-corrected chi connectivity index (χ1v) is 8.07. The van der Waals surface area contributed by atoms with E-state index in [1.165, 1.54) is 12.1 Å². The second-order valence-corrected chi connectivity index (χ2v) is 6.08. The van der Waals surface area contributed by atoms with E-state index in [-0.39, 0.29) is 31.1 Å². The topological polar surface area (TPSA) is 95.9 Å². The Kier molecular flexibility index (Phi) is 4.88. The Bertz CT molecular complexity index is 861. The first-order chi connectivity index (χ1) is 12.4. The molecule has 0 bridgehead atoms. The molecule has 3 rings (SSSR count). The van der Waals surface area contributed by atoms with Gasteiger partial charge in [-0.05, 0) is 42.3 Å². The number of aromatic carboxylic acids is 1. The molecule has 1 aliphatic heterocycles. The molecule has 7 heteroatoms. The minimum atomic E-state index is -0.994. The minimum Gasteiger partial charge on any atom is -0.478 e. The number of nitrogens with one attached hydrogen (secondary N) is 1. The van der Waals surface area contributed by atoms with Crippen LogP contribution in [0.25, 0.3) is 0 Å². The number of aryl methyl sites for hydroxylation is 1. The highest BCUT2D eigenvalue weighted by Gasteiger charge is 2.25. The van der Waals surface area contributed by atoms with Gasteiger partial charge >= 0.3 is 11.9 Å². The molecule has 1 aliphatic rings. The van der Waals surface area contributed by atoms with Crippen molar-refractivity contribution < 1.29 is 24.2 Å². The van der Waals surface area contributed by atoms with Crippen LogP contribution >= 0.6 is 0 Å². The predicted molar refractivity (Wildman–Crippen MR) is 94.3 cm³/mol. The SMILES string of the molecule is Cc1ccc2c(c1)N(CC(=O)NCc1ccc(C(=O)O)cc1)CC(=O)O2. The van der Waals surface area contributed by atoms with E-state index in [1.807, 2.05) is 19.1 Å². The van der Waals surface area contributed by atoms with Gasteiger partial charge in [0.25, 0.3) is 0 Å². The second-order valence-electron chi connectivity index (χ2n) is 6.08. The van der Waals surface area contributed by atoms with Crippen LogP contribution in [0.15, 0.2) is 42.5 Å². The van der Waals surface area contributed by atoms with Gasteiger partial charge in [-0.15, -0.1) is 0 Å². The number of hydrogen-bond donors (Lipinski definition) is 2. The van der Waals surface area contributed by atoms with Gasteiger partial charge in [0.2, 0.25) is 5.91 Å². The Hall–Kier alpha value is -3.35. The van der Waals surface area contributed by atoms with Crippen LogP contribution in [0.1, 0.15) is 21.5 Å². The van der Waals surface area contributed by atoms with Gasteiger partial charge in [0.05, 0.1) is 17.8 Å². The maximum atomic E-state index is 12.3. The van der Waals surface area contributed by atoms with E-state index < -0.39 is 11.9 Å². The number of carboxylic acids is 1. The molecule has 0 fully saturated rings. The lowest BCUT2D eigenvalue weighted by atomic mass is 10.1. The molecule has 0 saturated heterocycles. The summed E-state index contributed by atoms with van der Waals surface area (Å²) in [6.07, 6.45) is 0. The van der Waals surface area contributed by atoms with Crippen molar-refractivity contribution in [1.29, 1.82) is 0 Å². The molecule has 26 heavy (non-hydrogen) atoms. The maximum Gasteiger partial charge on any atom is 0.335 e. The smallest absolute Gasteiger partial charge is 0.335 e. The van der Waals surface area contributed by atoms with Crippen molar-refractivity contribution in [2.24, 2.45) is 0 Å². The van der Waals surface area contributed by atoms with Gasteiger partial charge < -0.3 is 20.1 Å². The Morgan fingerprint density at radius 3 is 2.62 bits per heavy atom. The van der Waals surface area contributed by atoms with Gasteiger partial charge in [0.15, 0.2) is 5.75 Å². The summed E-state index contributed by atoms with van der Waals surface area (Å²) in [6.45, 7) is 2.24. The Labute approximate surface area is 150 Å². The molecule has 0 aliphatic carbocycles. The third-order valence-corrected chi connectivity index (χ3v) is 4.02. The van der Waals surface area contributed by atoms with Crippen LogP contribution in [0, 0.1) is 6.92 Å². The van der Waals surface area contributed by atoms with E-state index >= 15 is 0 Å². The fourth-order valence-electron chi connectivity index (χ4n) is 2.69. The lowest BCUT2D eigenvalue weighted by molar-refractivity contribution is -0.133. The largest absolute Gasteiger partial charge is 0.478 e. The number of esters is 1. The molecule has 1 heterocycles. The van der Waals surface area contributed by atoms with E-state index in [9.17, 15) is 14.4 Å². The summed E-state index contributed by atoms with van der Waals surface area (Å²) in [6, 6.07) is 11.7. The number of ether oxygens (including phenoxy) is 1. The number of carboxylic acid groups (broad SMARTS) is 1. The number of carbonyl (C=O) groups excluding carboxylic acids is 2. The summed E-state index contributed by atoms with van der Waals surface area (Å²) in [5, 5.41) is 11.7. The van der Waals surface area contributed by atoms with Gasteiger partial charge in [-0.2, -0.15) is 0 Å². The highest BCUT2D eigenvalue weighted by Crippen LogP contribution is 2.32. The number of fused-ring (bicyclic) bond motifs is 1. The summed E-state index contributed by atoms with van der Waals surface area (Å²) in [5.41, 5.74) is 2.70. The molecule has 2 N–H and O–H groups in total. The van der Waals surface area contributed by atoms with Crippen LogP contribution in [-0.4, -0.2) is 36.0 Å². The molecule has 0 saturated carbocycles. The van der Waals surface area contributed by atoms with Gasteiger partial charge in [-0.3, -0.25) is 4.79 Å². The fraction of sp³-hybridized carbons (Fsp3) is 0.211. The normalized spacial score (nSPS) is 13.0. The van der Waals surface area contributed by atoms with Crippen molar-refractivity contribution in [3.05, 3.63) is 59.2 Å². The molecule has 2 aromatic rings. The van der Waals surface area contributed by atoms with Gasteiger partial charge in [0, 0.05) is 6.54 Å². The van der Waals surface area contributed by atoms with Crippen molar-refractivity contribution in [1.82, 2.24) is 5.32 Å². The summed E-state index contributed by atoms with van der Waals surface area (Å²) in [5.74, 6) is -1.19. The average molecular weight is 354 g/mol. The van der Waals surface area contributed by atoms with E-state index in [4.69, 9.17) is 9.84 Å². The molecule has 134 valence electrons. The van der Waals surface area contributed by atoms with Crippen molar-refractivity contribution in [2.45, 2.75) is 13.5 Å². The van der Waals surface area contributed by atoms with Crippen LogP contribution in [0.4, 0.5) is 5.69 Å². The van der Waals surface area contributed by atoms with Crippen molar-refractivity contribution in [2.75, 3.05) is 18.0 Å². The molecule has 7 nitrogen and oxygen atoms in total. The van der Waals surface area contributed by atoms with E-state index in [1.54, 1.807) is 23.1 Å². The highest BCUT2D eigenvalue weighted by atomic mass is 16.5. The predicted octanol–water partition coefficient (Wildman–Crippen LogP) is 1.74. The zero-order valence-electron chi connectivity index (χ0n) is 14.2. The molecule has 0 radical (unpaired) electrons. The highest BCUT2D eigenvalue weighted by molar-refractivity contribution is 5.89. The third kappa shape index (κ3) is 4.00. The van der Waals surface area contributed by atoms with Crippen LogP contribution in [0.3, 0.4) is 0 Å². The summed E-state index contributed by atoms with van der Waals surface area (Å²) < 4.78 is 5.20. The molecule has 0 spiro atoms. The van der Waals surface area contributed by atoms with Crippen LogP contribution in [0.2, 0.25) is 0 Å². The molecule has 0 atom stereocenters. The first-order valence-electron chi connectivity index (χ1n) is 8.07. The van der Waals surface area contributed by atoms with Gasteiger partial charge in [-0.1, -0.05) is 18.2 Å². The standard InChI is InChI=1S/C19H18N2O5/c1-12-2-7-16-15(8-12)21(11-18(23)26-16)10-17(22)20-9-13-3-5-14(6-4-13)19(24)25/h2-8H,9-11H2,1H3,(H,20,22)(H,24,25). The monoisotopic (exact) mass is 354 g/mol. The zero-order chi connectivity index (χ0) is 18.7.